The topological polar surface area (TPSA) is 66.4 Å². The molecule has 4 nitrogen and oxygen atoms in total. The fourth-order valence-electron chi connectivity index (χ4n) is 2.26. The smallest absolute Gasteiger partial charge is 0.303 e. The molecule has 1 amide bonds. The van der Waals surface area contributed by atoms with Crippen molar-refractivity contribution in [2.24, 2.45) is 11.8 Å². The van der Waals surface area contributed by atoms with Crippen molar-refractivity contribution in [1.29, 1.82) is 0 Å². The highest BCUT2D eigenvalue weighted by molar-refractivity contribution is 5.90. The number of amides is 1. The zero-order chi connectivity index (χ0) is 15.7. The molecule has 0 bridgehead atoms. The molecule has 0 radical (unpaired) electrons. The molecule has 1 aromatic carbocycles. The van der Waals surface area contributed by atoms with Gasteiger partial charge in [0.15, 0.2) is 0 Å². The van der Waals surface area contributed by atoms with Crippen molar-refractivity contribution in [2.45, 2.75) is 46.0 Å². The molecule has 0 aliphatic heterocycles. The molecule has 0 aliphatic rings. The Balaban J connectivity index is 2.16. The highest BCUT2D eigenvalue weighted by Gasteiger charge is 2.15. The summed E-state index contributed by atoms with van der Waals surface area (Å²) in [6.45, 7) is 4.05. The van der Waals surface area contributed by atoms with Crippen LogP contribution in [0.25, 0.3) is 0 Å². The highest BCUT2D eigenvalue weighted by atomic mass is 16.4. The van der Waals surface area contributed by atoms with Crippen molar-refractivity contribution in [3.05, 3.63) is 30.3 Å². The predicted molar refractivity (Wildman–Crippen MR) is 84.1 cm³/mol. The van der Waals surface area contributed by atoms with Crippen LogP contribution in [0.2, 0.25) is 0 Å². The molecule has 0 saturated carbocycles. The van der Waals surface area contributed by atoms with Crippen LogP contribution in [0.1, 0.15) is 46.0 Å². The average molecular weight is 291 g/mol. The molecule has 0 heterocycles. The molecular formula is C17H25NO3. The van der Waals surface area contributed by atoms with Gasteiger partial charge in [-0.3, -0.25) is 9.59 Å². The van der Waals surface area contributed by atoms with Crippen molar-refractivity contribution in [2.75, 3.05) is 5.32 Å². The van der Waals surface area contributed by atoms with Crippen LogP contribution in [0, 0.1) is 11.8 Å². The first kappa shape index (κ1) is 17.2. The number of benzene rings is 1. The Kier molecular flexibility index (Phi) is 7.51. The van der Waals surface area contributed by atoms with Crippen LogP contribution in [-0.4, -0.2) is 17.0 Å². The van der Waals surface area contributed by atoms with Crippen LogP contribution in [-0.2, 0) is 9.59 Å². The lowest BCUT2D eigenvalue weighted by atomic mass is 9.88. The van der Waals surface area contributed by atoms with Gasteiger partial charge >= 0.3 is 5.97 Å². The van der Waals surface area contributed by atoms with Crippen LogP contribution in [0.5, 0.6) is 0 Å². The van der Waals surface area contributed by atoms with E-state index in [9.17, 15) is 9.59 Å². The van der Waals surface area contributed by atoms with Gasteiger partial charge in [0.1, 0.15) is 0 Å². The Hall–Kier alpha value is -1.84. The number of carboxylic acids is 1. The Bertz CT molecular complexity index is 445. The molecule has 0 aromatic heterocycles. The van der Waals surface area contributed by atoms with Crippen LogP contribution >= 0.6 is 0 Å². The summed E-state index contributed by atoms with van der Waals surface area (Å²) in [7, 11) is 0. The van der Waals surface area contributed by atoms with Gasteiger partial charge in [-0.2, -0.15) is 0 Å². The van der Waals surface area contributed by atoms with E-state index in [0.717, 1.165) is 24.9 Å². The molecule has 1 rings (SSSR count). The number of hydrogen-bond acceptors (Lipinski definition) is 2. The molecular weight excluding hydrogens is 266 g/mol. The quantitative estimate of drug-likeness (QED) is 0.677. The number of anilines is 1. The summed E-state index contributed by atoms with van der Waals surface area (Å²) in [6, 6.07) is 9.43. The first-order chi connectivity index (χ1) is 9.99. The number of rotatable bonds is 9. The summed E-state index contributed by atoms with van der Waals surface area (Å²) in [5.74, 6) is -0.150. The summed E-state index contributed by atoms with van der Waals surface area (Å²) in [5.41, 5.74) is 0.825. The maximum absolute atomic E-state index is 11.7. The predicted octanol–water partition coefficient (Wildman–Crippen LogP) is 3.93. The molecule has 21 heavy (non-hydrogen) atoms. The monoisotopic (exact) mass is 291 g/mol. The number of unbranched alkanes of at least 4 members (excludes halogenated alkanes) is 1. The van der Waals surface area contributed by atoms with Crippen LogP contribution in [0.4, 0.5) is 5.69 Å². The molecule has 0 saturated heterocycles. The Morgan fingerprint density at radius 3 is 2.38 bits per heavy atom. The molecule has 2 N–H and O–H groups in total. The van der Waals surface area contributed by atoms with Crippen molar-refractivity contribution >= 4 is 17.6 Å². The summed E-state index contributed by atoms with van der Waals surface area (Å²) < 4.78 is 0. The summed E-state index contributed by atoms with van der Waals surface area (Å²) in [6.07, 6.45) is 3.48. The normalized spacial score (nSPS) is 13.4. The second-order valence-electron chi connectivity index (χ2n) is 5.71. The first-order valence-electron chi connectivity index (χ1n) is 7.55. The van der Waals surface area contributed by atoms with E-state index in [-0.39, 0.29) is 18.2 Å². The molecule has 0 fully saturated rings. The van der Waals surface area contributed by atoms with Gasteiger partial charge in [-0.05, 0) is 30.4 Å². The highest BCUT2D eigenvalue weighted by Crippen LogP contribution is 2.21. The minimum absolute atomic E-state index is 0.0347. The maximum atomic E-state index is 11.7. The third kappa shape index (κ3) is 7.49. The van der Waals surface area contributed by atoms with E-state index < -0.39 is 5.97 Å². The fourth-order valence-corrected chi connectivity index (χ4v) is 2.26. The van der Waals surface area contributed by atoms with Gasteiger partial charge in [0.2, 0.25) is 5.91 Å². The number of aliphatic carboxylic acids is 1. The van der Waals surface area contributed by atoms with E-state index in [2.05, 4.69) is 12.2 Å². The molecule has 4 heteroatoms. The maximum Gasteiger partial charge on any atom is 0.303 e. The van der Waals surface area contributed by atoms with Gasteiger partial charge in [-0.25, -0.2) is 0 Å². The van der Waals surface area contributed by atoms with Gasteiger partial charge in [-0.15, -0.1) is 0 Å². The third-order valence-electron chi connectivity index (χ3n) is 3.84. The molecule has 116 valence electrons. The number of nitrogens with one attached hydrogen (secondary N) is 1. The third-order valence-corrected chi connectivity index (χ3v) is 3.84. The van der Waals surface area contributed by atoms with E-state index in [1.165, 1.54) is 0 Å². The SMILES string of the molecule is CC(CCCCC(=O)Nc1ccccc1)C(C)CC(=O)O. The number of carboxylic acid groups (broad SMARTS) is 1. The average Bonchev–Trinajstić information content (AvgIpc) is 2.43. The van der Waals surface area contributed by atoms with E-state index >= 15 is 0 Å². The van der Waals surface area contributed by atoms with Gasteiger partial charge in [0.05, 0.1) is 0 Å². The lowest BCUT2D eigenvalue weighted by Crippen LogP contribution is -2.14. The molecule has 2 unspecified atom stereocenters. The van der Waals surface area contributed by atoms with E-state index in [1.54, 1.807) is 0 Å². The van der Waals surface area contributed by atoms with Crippen LogP contribution in [0.15, 0.2) is 30.3 Å². The Morgan fingerprint density at radius 2 is 1.76 bits per heavy atom. The van der Waals surface area contributed by atoms with Crippen molar-refractivity contribution in [1.82, 2.24) is 0 Å². The Labute approximate surface area is 126 Å². The zero-order valence-corrected chi connectivity index (χ0v) is 12.8. The second-order valence-corrected chi connectivity index (χ2v) is 5.71. The van der Waals surface area contributed by atoms with Crippen molar-refractivity contribution < 1.29 is 14.7 Å². The van der Waals surface area contributed by atoms with E-state index in [0.29, 0.717) is 12.3 Å². The van der Waals surface area contributed by atoms with E-state index in [1.807, 2.05) is 37.3 Å². The molecule has 0 aliphatic carbocycles. The number of carbonyl (C=O) groups excluding carboxylic acids is 1. The second kappa shape index (κ2) is 9.16. The summed E-state index contributed by atoms with van der Waals surface area (Å²) in [4.78, 5) is 22.4. The standard InChI is InChI=1S/C17H25NO3/c1-13(14(2)12-17(20)21)8-6-7-11-16(19)18-15-9-4-3-5-10-15/h3-5,9-10,13-14H,6-8,11-12H2,1-2H3,(H,18,19)(H,20,21). The fraction of sp³-hybridized carbons (Fsp3) is 0.529. The zero-order valence-electron chi connectivity index (χ0n) is 12.8. The summed E-state index contributed by atoms with van der Waals surface area (Å²) >= 11 is 0. The lowest BCUT2D eigenvalue weighted by molar-refractivity contribution is -0.138. The summed E-state index contributed by atoms with van der Waals surface area (Å²) in [5, 5.41) is 11.6. The van der Waals surface area contributed by atoms with Gasteiger partial charge in [0, 0.05) is 18.5 Å². The Morgan fingerprint density at radius 1 is 1.10 bits per heavy atom. The van der Waals surface area contributed by atoms with Crippen molar-refractivity contribution in [3.8, 4) is 0 Å². The minimum atomic E-state index is -0.739. The number of para-hydroxylation sites is 1. The lowest BCUT2D eigenvalue weighted by Gasteiger charge is -2.17. The number of hydrogen-bond donors (Lipinski definition) is 2. The van der Waals surface area contributed by atoms with E-state index in [4.69, 9.17) is 5.11 Å². The first-order valence-corrected chi connectivity index (χ1v) is 7.55. The number of carbonyl (C=O) groups is 2. The van der Waals surface area contributed by atoms with Gasteiger partial charge in [-0.1, -0.05) is 44.9 Å². The van der Waals surface area contributed by atoms with Gasteiger partial charge < -0.3 is 10.4 Å². The van der Waals surface area contributed by atoms with Gasteiger partial charge in [0.25, 0.3) is 0 Å². The largest absolute Gasteiger partial charge is 0.481 e. The molecule has 1 aromatic rings. The molecule has 2 atom stereocenters. The molecule has 0 spiro atoms. The van der Waals surface area contributed by atoms with Crippen LogP contribution < -0.4 is 5.32 Å². The van der Waals surface area contributed by atoms with Crippen molar-refractivity contribution in [3.63, 3.8) is 0 Å². The minimum Gasteiger partial charge on any atom is -0.481 e. The van der Waals surface area contributed by atoms with Crippen LogP contribution in [0.3, 0.4) is 0 Å².